The molecule has 0 heterocycles. The van der Waals surface area contributed by atoms with E-state index >= 15 is 0 Å². The molecule has 0 bridgehead atoms. The molecule has 1 aliphatic rings. The zero-order valence-corrected chi connectivity index (χ0v) is 23.5. The molecule has 1 fully saturated rings. The minimum absolute atomic E-state index is 0.126. The fraction of sp³-hybridized carbons (Fsp3) is 0.160. The first kappa shape index (κ1) is 27.5. The van der Waals surface area contributed by atoms with Crippen LogP contribution in [0.3, 0.4) is 0 Å². The van der Waals surface area contributed by atoms with Gasteiger partial charge in [0.15, 0.2) is 0 Å². The highest BCUT2D eigenvalue weighted by Crippen LogP contribution is 2.65. The summed E-state index contributed by atoms with van der Waals surface area (Å²) in [6.07, 6.45) is -1.19. The van der Waals surface area contributed by atoms with Crippen LogP contribution in [0.4, 0.5) is 21.9 Å². The Morgan fingerprint density at radius 2 is 1.59 bits per heavy atom. The summed E-state index contributed by atoms with van der Waals surface area (Å²) < 4.78 is -0.582. The van der Waals surface area contributed by atoms with E-state index in [4.69, 9.17) is 51.5 Å². The Morgan fingerprint density at radius 3 is 2.24 bits per heavy atom. The van der Waals surface area contributed by atoms with Crippen LogP contribution in [-0.2, 0) is 4.79 Å². The highest BCUT2D eigenvalue weighted by molar-refractivity contribution is 9.10. The molecule has 3 aromatic rings. The maximum absolute atomic E-state index is 13.0. The number of amides is 3. The van der Waals surface area contributed by atoms with Gasteiger partial charge in [0, 0.05) is 32.5 Å². The fourth-order valence-electron chi connectivity index (χ4n) is 4.01. The number of rotatable bonds is 6. The maximum atomic E-state index is 13.0. The number of benzene rings is 3. The molecule has 1 saturated carbocycles. The van der Waals surface area contributed by atoms with Crippen LogP contribution >= 0.6 is 62.3 Å². The fourth-order valence-corrected chi connectivity index (χ4v) is 5.93. The lowest BCUT2D eigenvalue weighted by molar-refractivity contribution is -0.117. The summed E-state index contributed by atoms with van der Waals surface area (Å²) >= 11 is 28.7. The molecule has 3 amide bonds. The number of hydrogen-bond acceptors (Lipinski definition) is 3. The monoisotopic (exact) mass is 643 g/mol. The normalized spacial score (nSPS) is 17.6. The predicted molar refractivity (Wildman–Crippen MR) is 151 cm³/mol. The number of anilines is 3. The number of alkyl halides is 2. The van der Waals surface area contributed by atoms with Gasteiger partial charge in [-0.1, -0.05) is 39.1 Å². The summed E-state index contributed by atoms with van der Waals surface area (Å²) in [5, 5.41) is 17.3. The number of carbonyl (C=O) groups is 3. The lowest BCUT2D eigenvalue weighted by Gasteiger charge is -2.12. The zero-order chi connectivity index (χ0) is 27.1. The van der Waals surface area contributed by atoms with Crippen molar-refractivity contribution in [2.45, 2.75) is 17.2 Å². The van der Waals surface area contributed by atoms with Gasteiger partial charge in [0.1, 0.15) is 4.33 Å². The van der Waals surface area contributed by atoms with Crippen LogP contribution in [0.1, 0.15) is 27.4 Å². The van der Waals surface area contributed by atoms with Crippen LogP contribution in [-0.4, -0.2) is 27.3 Å². The van der Waals surface area contributed by atoms with E-state index in [1.165, 1.54) is 18.2 Å². The topological polar surface area (TPSA) is 108 Å². The van der Waals surface area contributed by atoms with Gasteiger partial charge in [-0.3, -0.25) is 14.9 Å². The van der Waals surface area contributed by atoms with Gasteiger partial charge in [-0.05, 0) is 72.6 Å². The van der Waals surface area contributed by atoms with Gasteiger partial charge < -0.3 is 15.7 Å². The Labute approximate surface area is 240 Å². The molecule has 2 atom stereocenters. The summed E-state index contributed by atoms with van der Waals surface area (Å²) in [5.41, 5.74) is 2.65. The molecule has 0 radical (unpaired) electrons. The van der Waals surface area contributed by atoms with Crippen LogP contribution in [0, 0.1) is 12.8 Å². The van der Waals surface area contributed by atoms with E-state index in [1.807, 2.05) is 0 Å². The SMILES string of the molecule is Cc1cc(NC(=O)O)ccc1NC(=O)c1cc(NC(=O)C2C(c3cc(Cl)cc(Br)c3)C2(Cl)Cl)ccc1Cl. The molecule has 192 valence electrons. The second-order valence-corrected chi connectivity index (χ2v) is 11.6. The van der Waals surface area contributed by atoms with Crippen molar-refractivity contribution in [3.8, 4) is 0 Å². The maximum Gasteiger partial charge on any atom is 0.409 e. The molecule has 0 saturated heterocycles. The number of aryl methyl sites for hydroxylation is 1. The van der Waals surface area contributed by atoms with E-state index in [9.17, 15) is 14.4 Å². The standard InChI is InChI=1S/C25H18BrCl4N3O4/c1-11-6-15(32-24(36)37)3-5-19(11)33-22(34)17-10-16(2-4-18(17)28)31-23(35)21-20(25(21,29)30)12-7-13(26)9-14(27)8-12/h2-10,20-21,32H,1H3,(H,31,35)(H,33,34)(H,36,37). The lowest BCUT2D eigenvalue weighted by Crippen LogP contribution is -2.18. The summed E-state index contributed by atoms with van der Waals surface area (Å²) in [5.74, 6) is -2.14. The molecule has 0 aromatic heterocycles. The van der Waals surface area contributed by atoms with Crippen molar-refractivity contribution < 1.29 is 19.5 Å². The predicted octanol–water partition coefficient (Wildman–Crippen LogP) is 7.93. The summed E-state index contributed by atoms with van der Waals surface area (Å²) in [7, 11) is 0. The van der Waals surface area contributed by atoms with Gasteiger partial charge >= 0.3 is 6.09 Å². The first-order valence-corrected chi connectivity index (χ1v) is 13.0. The van der Waals surface area contributed by atoms with Crippen molar-refractivity contribution in [3.05, 3.63) is 85.8 Å². The Hall–Kier alpha value is -2.49. The number of hydrogen-bond donors (Lipinski definition) is 4. The molecule has 2 unspecified atom stereocenters. The molecule has 4 rings (SSSR count). The van der Waals surface area contributed by atoms with Gasteiger partial charge in [-0.15, -0.1) is 23.2 Å². The number of carbonyl (C=O) groups excluding carboxylic acids is 2. The van der Waals surface area contributed by atoms with Crippen LogP contribution in [0.15, 0.2) is 59.1 Å². The van der Waals surface area contributed by atoms with Crippen molar-refractivity contribution in [2.75, 3.05) is 16.0 Å². The Balaban J connectivity index is 1.49. The molecule has 1 aliphatic carbocycles. The van der Waals surface area contributed by atoms with E-state index in [0.717, 1.165) is 10.0 Å². The highest BCUT2D eigenvalue weighted by Gasteiger charge is 2.67. The zero-order valence-electron chi connectivity index (χ0n) is 18.9. The highest BCUT2D eigenvalue weighted by atomic mass is 79.9. The van der Waals surface area contributed by atoms with Crippen molar-refractivity contribution in [1.82, 2.24) is 0 Å². The molecule has 12 heteroatoms. The van der Waals surface area contributed by atoms with Gasteiger partial charge in [-0.2, -0.15) is 0 Å². The van der Waals surface area contributed by atoms with Crippen molar-refractivity contribution >= 4 is 97.3 Å². The van der Waals surface area contributed by atoms with Crippen LogP contribution < -0.4 is 16.0 Å². The largest absolute Gasteiger partial charge is 0.465 e. The summed E-state index contributed by atoms with van der Waals surface area (Å²) in [6, 6.07) is 14.4. The van der Waals surface area contributed by atoms with Crippen LogP contribution in [0.25, 0.3) is 0 Å². The van der Waals surface area contributed by atoms with Crippen molar-refractivity contribution in [1.29, 1.82) is 0 Å². The number of halogens is 5. The molecule has 3 aromatic carbocycles. The smallest absolute Gasteiger partial charge is 0.409 e. The van der Waals surface area contributed by atoms with Crippen molar-refractivity contribution in [2.24, 2.45) is 5.92 Å². The van der Waals surface area contributed by atoms with Crippen LogP contribution in [0.5, 0.6) is 0 Å². The average molecular weight is 646 g/mol. The van der Waals surface area contributed by atoms with Crippen LogP contribution in [0.2, 0.25) is 10.0 Å². The number of carboxylic acid groups (broad SMARTS) is 1. The third-order valence-corrected chi connectivity index (χ3v) is 7.73. The van der Waals surface area contributed by atoms with E-state index in [0.29, 0.717) is 27.6 Å². The molecule has 37 heavy (non-hydrogen) atoms. The molecular weight excluding hydrogens is 628 g/mol. The lowest BCUT2D eigenvalue weighted by atomic mass is 10.1. The van der Waals surface area contributed by atoms with Crippen molar-refractivity contribution in [3.63, 3.8) is 0 Å². The molecule has 0 aliphatic heterocycles. The first-order valence-electron chi connectivity index (χ1n) is 10.7. The molecule has 4 N–H and O–H groups in total. The second-order valence-electron chi connectivity index (χ2n) is 8.43. The van der Waals surface area contributed by atoms with Gasteiger partial charge in [0.2, 0.25) is 5.91 Å². The number of nitrogens with one attached hydrogen (secondary N) is 3. The van der Waals surface area contributed by atoms with Gasteiger partial charge in [-0.25, -0.2) is 4.79 Å². The minimum atomic E-state index is -1.32. The van der Waals surface area contributed by atoms with E-state index in [1.54, 1.807) is 43.3 Å². The molecule has 0 spiro atoms. The molecule has 7 nitrogen and oxygen atoms in total. The average Bonchev–Trinajstić information content (AvgIpc) is 3.38. The minimum Gasteiger partial charge on any atom is -0.465 e. The summed E-state index contributed by atoms with van der Waals surface area (Å²) in [6.45, 7) is 1.72. The third-order valence-electron chi connectivity index (χ3n) is 5.78. The first-order chi connectivity index (χ1) is 17.4. The van der Waals surface area contributed by atoms with Gasteiger partial charge in [0.05, 0.1) is 16.5 Å². The Kier molecular flexibility index (Phi) is 7.97. The van der Waals surface area contributed by atoms with E-state index < -0.39 is 34.1 Å². The second kappa shape index (κ2) is 10.7. The third kappa shape index (κ3) is 6.16. The Bertz CT molecular complexity index is 1410. The Morgan fingerprint density at radius 1 is 0.919 bits per heavy atom. The quantitative estimate of drug-likeness (QED) is 0.204. The van der Waals surface area contributed by atoms with E-state index in [2.05, 4.69) is 31.9 Å². The summed E-state index contributed by atoms with van der Waals surface area (Å²) in [4.78, 5) is 36.8. The molecular formula is C25H18BrCl4N3O4. The van der Waals surface area contributed by atoms with Gasteiger partial charge in [0.25, 0.3) is 5.91 Å². The van der Waals surface area contributed by atoms with E-state index in [-0.39, 0.29) is 10.6 Å².